The number of esters is 1. The Morgan fingerprint density at radius 2 is 2.00 bits per heavy atom. The SMILES string of the molecule is CC(C)(C)OC(=O)COc1cc(F)cc(S)c1. The molecule has 0 atom stereocenters. The summed E-state index contributed by atoms with van der Waals surface area (Å²) in [6.45, 7) is 5.03. The molecule has 0 radical (unpaired) electrons. The first-order valence-corrected chi connectivity index (χ1v) is 5.55. The van der Waals surface area contributed by atoms with Crippen LogP contribution >= 0.6 is 12.6 Å². The summed E-state index contributed by atoms with van der Waals surface area (Å²) in [5, 5.41) is 0. The van der Waals surface area contributed by atoms with Gasteiger partial charge in [-0.3, -0.25) is 0 Å². The van der Waals surface area contributed by atoms with Crippen molar-refractivity contribution in [1.29, 1.82) is 0 Å². The first-order chi connectivity index (χ1) is 7.76. The summed E-state index contributed by atoms with van der Waals surface area (Å²) in [5.74, 6) is -0.708. The Bertz CT molecular complexity index is 392. The van der Waals surface area contributed by atoms with Crippen molar-refractivity contribution in [2.24, 2.45) is 0 Å². The van der Waals surface area contributed by atoms with Crippen molar-refractivity contribution in [1.82, 2.24) is 0 Å². The van der Waals surface area contributed by atoms with E-state index in [1.807, 2.05) is 0 Å². The lowest BCUT2D eigenvalue weighted by molar-refractivity contribution is -0.157. The minimum absolute atomic E-state index is 0.251. The van der Waals surface area contributed by atoms with E-state index in [1.54, 1.807) is 20.8 Å². The molecular weight excluding hydrogens is 243 g/mol. The van der Waals surface area contributed by atoms with Crippen LogP contribution in [0.4, 0.5) is 4.39 Å². The van der Waals surface area contributed by atoms with Crippen molar-refractivity contribution < 1.29 is 18.7 Å². The van der Waals surface area contributed by atoms with Crippen molar-refractivity contribution in [2.45, 2.75) is 31.3 Å². The molecule has 17 heavy (non-hydrogen) atoms. The highest BCUT2D eigenvalue weighted by Gasteiger charge is 2.16. The van der Waals surface area contributed by atoms with E-state index in [2.05, 4.69) is 12.6 Å². The summed E-state index contributed by atoms with van der Waals surface area (Å²) in [5.41, 5.74) is -0.558. The van der Waals surface area contributed by atoms with Crippen molar-refractivity contribution in [3.8, 4) is 5.75 Å². The van der Waals surface area contributed by atoms with Gasteiger partial charge < -0.3 is 9.47 Å². The van der Waals surface area contributed by atoms with E-state index in [1.165, 1.54) is 18.2 Å². The molecule has 0 unspecified atom stereocenters. The van der Waals surface area contributed by atoms with Crippen molar-refractivity contribution in [3.05, 3.63) is 24.0 Å². The van der Waals surface area contributed by atoms with Crippen molar-refractivity contribution in [3.63, 3.8) is 0 Å². The molecule has 0 saturated carbocycles. The zero-order valence-corrected chi connectivity index (χ0v) is 10.9. The van der Waals surface area contributed by atoms with Gasteiger partial charge >= 0.3 is 5.97 Å². The lowest BCUT2D eigenvalue weighted by Gasteiger charge is -2.19. The summed E-state index contributed by atoms with van der Waals surface area (Å²) in [4.78, 5) is 11.8. The molecule has 5 heteroatoms. The molecule has 0 fully saturated rings. The van der Waals surface area contributed by atoms with Gasteiger partial charge in [0.05, 0.1) is 0 Å². The fraction of sp³-hybridized carbons (Fsp3) is 0.417. The van der Waals surface area contributed by atoms with E-state index < -0.39 is 17.4 Å². The molecule has 0 aromatic heterocycles. The monoisotopic (exact) mass is 258 g/mol. The highest BCUT2D eigenvalue weighted by molar-refractivity contribution is 7.80. The Hall–Kier alpha value is -1.23. The summed E-state index contributed by atoms with van der Waals surface area (Å²) in [6, 6.07) is 3.96. The molecule has 0 heterocycles. The van der Waals surface area contributed by atoms with E-state index in [9.17, 15) is 9.18 Å². The van der Waals surface area contributed by atoms with Crippen LogP contribution in [0.2, 0.25) is 0 Å². The van der Waals surface area contributed by atoms with Gasteiger partial charge in [0.25, 0.3) is 0 Å². The largest absolute Gasteiger partial charge is 0.482 e. The van der Waals surface area contributed by atoms with Crippen LogP contribution in [0, 0.1) is 5.82 Å². The van der Waals surface area contributed by atoms with Gasteiger partial charge in [-0.05, 0) is 32.9 Å². The zero-order valence-electron chi connectivity index (χ0n) is 9.99. The van der Waals surface area contributed by atoms with Crippen LogP contribution in [-0.4, -0.2) is 18.2 Å². The van der Waals surface area contributed by atoms with Crippen LogP contribution < -0.4 is 4.74 Å². The average Bonchev–Trinajstić information content (AvgIpc) is 2.10. The molecule has 1 aromatic carbocycles. The lowest BCUT2D eigenvalue weighted by Crippen LogP contribution is -2.27. The molecule has 1 aromatic rings. The van der Waals surface area contributed by atoms with Crippen molar-refractivity contribution in [2.75, 3.05) is 6.61 Å². The second-order valence-electron chi connectivity index (χ2n) is 4.52. The highest BCUT2D eigenvalue weighted by atomic mass is 32.1. The quantitative estimate of drug-likeness (QED) is 0.669. The van der Waals surface area contributed by atoms with Gasteiger partial charge in [0.1, 0.15) is 17.2 Å². The normalized spacial score (nSPS) is 11.1. The maximum atomic E-state index is 13.0. The number of carbonyl (C=O) groups is 1. The number of benzene rings is 1. The van der Waals surface area contributed by atoms with E-state index in [0.29, 0.717) is 4.90 Å². The molecule has 3 nitrogen and oxygen atoms in total. The highest BCUT2D eigenvalue weighted by Crippen LogP contribution is 2.19. The molecule has 0 N–H and O–H groups in total. The predicted molar refractivity (Wildman–Crippen MR) is 65.0 cm³/mol. The molecule has 0 aliphatic rings. The second-order valence-corrected chi connectivity index (χ2v) is 5.04. The third-order valence-corrected chi connectivity index (χ3v) is 1.89. The van der Waals surface area contributed by atoms with E-state index >= 15 is 0 Å². The van der Waals surface area contributed by atoms with Crippen molar-refractivity contribution >= 4 is 18.6 Å². The number of thiol groups is 1. The molecule has 0 aliphatic carbocycles. The number of ether oxygens (including phenoxy) is 2. The minimum Gasteiger partial charge on any atom is -0.482 e. The van der Waals surface area contributed by atoms with E-state index in [-0.39, 0.29) is 12.4 Å². The summed E-state index contributed by atoms with van der Waals surface area (Å²) < 4.78 is 23.1. The van der Waals surface area contributed by atoms with Crippen LogP contribution in [0.3, 0.4) is 0 Å². The molecule has 94 valence electrons. The lowest BCUT2D eigenvalue weighted by atomic mass is 10.2. The first-order valence-electron chi connectivity index (χ1n) is 5.10. The molecule has 0 spiro atoms. The number of hydrogen-bond donors (Lipinski definition) is 1. The summed E-state index contributed by atoms with van der Waals surface area (Å²) in [6.07, 6.45) is 0. The van der Waals surface area contributed by atoms with E-state index in [0.717, 1.165) is 0 Å². The number of hydrogen-bond acceptors (Lipinski definition) is 4. The van der Waals surface area contributed by atoms with Gasteiger partial charge in [-0.25, -0.2) is 9.18 Å². The zero-order chi connectivity index (χ0) is 13.1. The maximum absolute atomic E-state index is 13.0. The Kier molecular flexibility index (Phi) is 4.40. The molecule has 1 rings (SSSR count). The minimum atomic E-state index is -0.558. The van der Waals surface area contributed by atoms with Gasteiger partial charge in [-0.2, -0.15) is 0 Å². The van der Waals surface area contributed by atoms with E-state index in [4.69, 9.17) is 9.47 Å². The average molecular weight is 258 g/mol. The number of rotatable bonds is 3. The van der Waals surface area contributed by atoms with Gasteiger partial charge in [-0.15, -0.1) is 12.6 Å². The van der Waals surface area contributed by atoms with Gasteiger partial charge in [0, 0.05) is 11.0 Å². The smallest absolute Gasteiger partial charge is 0.344 e. The maximum Gasteiger partial charge on any atom is 0.344 e. The standard InChI is InChI=1S/C12H15FO3S/c1-12(2,3)16-11(14)7-15-9-4-8(13)5-10(17)6-9/h4-6,17H,7H2,1-3H3. The Labute approximate surface area is 105 Å². The predicted octanol–water partition coefficient (Wildman–Crippen LogP) is 2.83. The van der Waals surface area contributed by atoms with Crippen LogP contribution in [0.15, 0.2) is 23.1 Å². The van der Waals surface area contributed by atoms with Gasteiger partial charge in [-0.1, -0.05) is 0 Å². The Morgan fingerprint density at radius 3 is 2.53 bits per heavy atom. The number of carbonyl (C=O) groups excluding carboxylic acids is 1. The molecule has 0 saturated heterocycles. The molecular formula is C12H15FO3S. The Balaban J connectivity index is 2.53. The number of halogens is 1. The van der Waals surface area contributed by atoms with Gasteiger partial charge in [0.15, 0.2) is 6.61 Å². The summed E-state index contributed by atoms with van der Waals surface area (Å²) in [7, 11) is 0. The first kappa shape index (κ1) is 13.8. The Morgan fingerprint density at radius 1 is 1.35 bits per heavy atom. The fourth-order valence-corrected chi connectivity index (χ4v) is 1.40. The van der Waals surface area contributed by atoms with Crippen LogP contribution in [0.1, 0.15) is 20.8 Å². The molecule has 0 bridgehead atoms. The third kappa shape index (κ3) is 5.58. The second kappa shape index (κ2) is 5.40. The molecule has 0 amide bonds. The van der Waals surface area contributed by atoms with Crippen LogP contribution in [0.25, 0.3) is 0 Å². The third-order valence-electron chi connectivity index (χ3n) is 1.63. The van der Waals surface area contributed by atoms with Crippen LogP contribution in [0.5, 0.6) is 5.75 Å². The fourth-order valence-electron chi connectivity index (χ4n) is 1.14. The van der Waals surface area contributed by atoms with Gasteiger partial charge in [0.2, 0.25) is 0 Å². The topological polar surface area (TPSA) is 35.5 Å². The summed E-state index contributed by atoms with van der Waals surface area (Å²) >= 11 is 4.00. The van der Waals surface area contributed by atoms with Crippen LogP contribution in [-0.2, 0) is 9.53 Å². The molecule has 0 aliphatic heterocycles.